The lowest BCUT2D eigenvalue weighted by atomic mass is 10.4. The van der Waals surface area contributed by atoms with E-state index < -0.39 is 11.4 Å². The van der Waals surface area contributed by atoms with E-state index in [1.54, 1.807) is 6.92 Å². The summed E-state index contributed by atoms with van der Waals surface area (Å²) in [4.78, 5) is 0. The van der Waals surface area contributed by atoms with E-state index in [1.807, 2.05) is 0 Å². The summed E-state index contributed by atoms with van der Waals surface area (Å²) in [6, 6.07) is 0. The van der Waals surface area contributed by atoms with Crippen LogP contribution in [0.5, 0.6) is 0 Å². The van der Waals surface area contributed by atoms with Crippen LogP contribution in [0.25, 0.3) is 0 Å². The Morgan fingerprint density at radius 1 is 2.00 bits per heavy atom. The van der Waals surface area contributed by atoms with Crippen molar-refractivity contribution in [1.29, 1.82) is 0 Å². The molecule has 0 heterocycles. The Hall–Kier alpha value is -0.350. The van der Waals surface area contributed by atoms with Crippen LogP contribution < -0.4 is 0 Å². The molecule has 0 aliphatic carbocycles. The van der Waals surface area contributed by atoms with Crippen LogP contribution in [0.1, 0.15) is 13.3 Å². The van der Waals surface area contributed by atoms with Gasteiger partial charge in [0.1, 0.15) is 5.76 Å². The molecule has 1 unspecified atom stereocenters. The number of hydrogen-bond acceptors (Lipinski definition) is 2. The van der Waals surface area contributed by atoms with Gasteiger partial charge in [-0.25, -0.2) is 0 Å². The van der Waals surface area contributed by atoms with Crippen molar-refractivity contribution in [3.8, 4) is 0 Å². The van der Waals surface area contributed by atoms with Gasteiger partial charge in [-0.15, -0.1) is 0 Å². The van der Waals surface area contributed by atoms with Crippen molar-refractivity contribution in [2.45, 2.75) is 13.3 Å². The van der Waals surface area contributed by atoms with E-state index in [9.17, 15) is 4.21 Å². The summed E-state index contributed by atoms with van der Waals surface area (Å²) < 4.78 is 22.1. The Morgan fingerprint density at radius 3 is 2.62 bits per heavy atom. The maximum atomic E-state index is 9.80. The first-order valence-corrected chi connectivity index (χ1v) is 3.17. The fourth-order valence-electron chi connectivity index (χ4n) is 0.160. The van der Waals surface area contributed by atoms with Crippen molar-refractivity contribution in [2.24, 2.45) is 0 Å². The molecule has 0 aromatic carbocycles. The average Bonchev–Trinajstić information content (AvgIpc) is 1.65. The van der Waals surface area contributed by atoms with E-state index in [1.165, 1.54) is 0 Å². The second-order valence-corrected chi connectivity index (χ2v) is 1.79. The Balaban J connectivity index is 3.40. The van der Waals surface area contributed by atoms with Crippen LogP contribution in [-0.2, 0) is 15.5 Å². The summed E-state index contributed by atoms with van der Waals surface area (Å²) in [7, 11) is 0. The van der Waals surface area contributed by atoms with E-state index >= 15 is 0 Å². The van der Waals surface area contributed by atoms with Crippen molar-refractivity contribution in [3.63, 3.8) is 0 Å². The molecule has 0 radical (unpaired) electrons. The topological polar surface area (TPSA) is 46.5 Å². The number of rotatable bonds is 3. The smallest absolute Gasteiger partial charge is 0.357 e. The van der Waals surface area contributed by atoms with Gasteiger partial charge in [0.2, 0.25) is 0 Å². The molecule has 48 valence electrons. The summed E-state index contributed by atoms with van der Waals surface area (Å²) in [6.07, 6.45) is 0.562. The molecule has 0 rings (SSSR count). The quantitative estimate of drug-likeness (QED) is 0.466. The van der Waals surface area contributed by atoms with E-state index in [2.05, 4.69) is 10.8 Å². The van der Waals surface area contributed by atoms with Gasteiger partial charge in [0.25, 0.3) is 0 Å². The van der Waals surface area contributed by atoms with Crippen molar-refractivity contribution in [3.05, 3.63) is 12.3 Å². The molecule has 0 saturated heterocycles. The molecule has 0 bridgehead atoms. The van der Waals surface area contributed by atoms with Gasteiger partial charge in [-0.05, 0) is 0 Å². The summed E-state index contributed by atoms with van der Waals surface area (Å²) >= 11 is -2.20. The molecule has 0 aliphatic heterocycles. The molecule has 0 fully saturated rings. The van der Waals surface area contributed by atoms with Crippen LogP contribution in [0.4, 0.5) is 0 Å². The van der Waals surface area contributed by atoms with Crippen LogP contribution in [-0.4, -0.2) is 8.76 Å². The molecule has 3 nitrogen and oxygen atoms in total. The standard InChI is InChI=1S/C4H8O3S/c1-3-4(2)7-8(5)6/h2-3H2,1H3,(H,5,6). The first-order valence-electron chi connectivity index (χ1n) is 2.13. The Labute approximate surface area is 50.8 Å². The molecular weight excluding hydrogens is 128 g/mol. The third kappa shape index (κ3) is 3.83. The molecule has 0 aromatic rings. The van der Waals surface area contributed by atoms with Gasteiger partial charge in [0.15, 0.2) is 0 Å². The second kappa shape index (κ2) is 3.63. The predicted octanol–water partition coefficient (Wildman–Crippen LogP) is 1.06. The molecular formula is C4H8O3S. The fourth-order valence-corrected chi connectivity index (χ4v) is 0.479. The van der Waals surface area contributed by atoms with E-state index in [0.717, 1.165) is 0 Å². The lowest BCUT2D eigenvalue weighted by Crippen LogP contribution is -1.92. The fraction of sp³-hybridized carbons (Fsp3) is 0.500. The highest BCUT2D eigenvalue weighted by Gasteiger charge is 1.93. The minimum atomic E-state index is -2.20. The maximum Gasteiger partial charge on any atom is 0.357 e. The zero-order valence-electron chi connectivity index (χ0n) is 4.59. The van der Waals surface area contributed by atoms with Gasteiger partial charge in [0, 0.05) is 6.42 Å². The third-order valence-electron chi connectivity index (χ3n) is 0.583. The predicted molar refractivity (Wildman–Crippen MR) is 31.3 cm³/mol. The second-order valence-electron chi connectivity index (χ2n) is 1.19. The van der Waals surface area contributed by atoms with Gasteiger partial charge >= 0.3 is 11.4 Å². The highest BCUT2D eigenvalue weighted by atomic mass is 32.2. The van der Waals surface area contributed by atoms with E-state index in [-0.39, 0.29) is 0 Å². The van der Waals surface area contributed by atoms with Crippen LogP contribution >= 0.6 is 0 Å². The Bertz CT molecular complexity index is 110. The molecule has 0 aromatic heterocycles. The van der Waals surface area contributed by atoms with Crippen LogP contribution in [0.2, 0.25) is 0 Å². The highest BCUT2D eigenvalue weighted by Crippen LogP contribution is 1.98. The zero-order chi connectivity index (χ0) is 6.57. The molecule has 1 N–H and O–H groups in total. The van der Waals surface area contributed by atoms with E-state index in [4.69, 9.17) is 4.55 Å². The van der Waals surface area contributed by atoms with Crippen molar-refractivity contribution in [2.75, 3.05) is 0 Å². The van der Waals surface area contributed by atoms with Crippen molar-refractivity contribution in [1.82, 2.24) is 0 Å². The number of allylic oxidation sites excluding steroid dienone is 1. The lowest BCUT2D eigenvalue weighted by molar-refractivity contribution is 0.379. The molecule has 8 heavy (non-hydrogen) atoms. The first kappa shape index (κ1) is 7.65. The third-order valence-corrected chi connectivity index (χ3v) is 0.962. The minimum Gasteiger partial charge on any atom is -0.385 e. The highest BCUT2D eigenvalue weighted by molar-refractivity contribution is 7.74. The van der Waals surface area contributed by atoms with Crippen molar-refractivity contribution >= 4 is 11.4 Å². The molecule has 0 amide bonds. The molecule has 0 saturated carbocycles. The maximum absolute atomic E-state index is 9.80. The number of hydrogen-bond donors (Lipinski definition) is 1. The normalized spacial score (nSPS) is 12.8. The van der Waals surface area contributed by atoms with Gasteiger partial charge < -0.3 is 4.18 Å². The summed E-state index contributed by atoms with van der Waals surface area (Å²) in [6.45, 7) is 5.12. The van der Waals surface area contributed by atoms with Crippen LogP contribution in [0.15, 0.2) is 12.3 Å². The molecule has 1 atom stereocenters. The molecule has 4 heteroatoms. The van der Waals surface area contributed by atoms with Gasteiger partial charge in [-0.1, -0.05) is 13.5 Å². The molecule has 0 spiro atoms. The molecule has 0 aliphatic rings. The average molecular weight is 136 g/mol. The monoisotopic (exact) mass is 136 g/mol. The minimum absolute atomic E-state index is 0.325. The summed E-state index contributed by atoms with van der Waals surface area (Å²) in [5.41, 5.74) is 0. The van der Waals surface area contributed by atoms with E-state index in [0.29, 0.717) is 12.2 Å². The van der Waals surface area contributed by atoms with Gasteiger partial charge in [0.05, 0.1) is 0 Å². The summed E-state index contributed by atoms with van der Waals surface area (Å²) in [5.74, 6) is 0.325. The zero-order valence-corrected chi connectivity index (χ0v) is 5.40. The Kier molecular flexibility index (Phi) is 3.47. The lowest BCUT2D eigenvalue weighted by Gasteiger charge is -1.96. The van der Waals surface area contributed by atoms with Gasteiger partial charge in [-0.2, -0.15) is 4.21 Å². The van der Waals surface area contributed by atoms with Crippen LogP contribution in [0, 0.1) is 0 Å². The summed E-state index contributed by atoms with van der Waals surface area (Å²) in [5, 5.41) is 0. The van der Waals surface area contributed by atoms with Crippen LogP contribution in [0.3, 0.4) is 0 Å². The Morgan fingerprint density at radius 2 is 2.50 bits per heavy atom. The van der Waals surface area contributed by atoms with Gasteiger partial charge in [-0.3, -0.25) is 4.55 Å². The SMILES string of the molecule is C=C(CC)OS(=O)O. The first-order chi connectivity index (χ1) is 3.66. The largest absolute Gasteiger partial charge is 0.385 e. The van der Waals surface area contributed by atoms with Crippen molar-refractivity contribution < 1.29 is 12.9 Å².